The minimum absolute atomic E-state index is 0.00414. The van der Waals surface area contributed by atoms with Crippen LogP contribution in [0.4, 0.5) is 0 Å². The Hall–Kier alpha value is -2.12. The van der Waals surface area contributed by atoms with E-state index in [9.17, 15) is 9.90 Å². The number of rotatable bonds is 2. The molecule has 3 rings (SSSR count). The molecule has 0 saturated heterocycles. The first-order chi connectivity index (χ1) is 9.97. The molecule has 0 bridgehead atoms. The van der Waals surface area contributed by atoms with E-state index in [0.717, 1.165) is 0 Å². The van der Waals surface area contributed by atoms with Crippen molar-refractivity contribution in [2.45, 2.75) is 0 Å². The van der Waals surface area contributed by atoms with Crippen molar-refractivity contribution in [2.24, 2.45) is 0 Å². The smallest absolute Gasteiger partial charge is 0.337 e. The van der Waals surface area contributed by atoms with Crippen molar-refractivity contribution in [1.82, 2.24) is 14.6 Å². The van der Waals surface area contributed by atoms with Gasteiger partial charge in [0.25, 0.3) is 0 Å². The number of hydrogen-bond donors (Lipinski definition) is 2. The highest BCUT2D eigenvalue weighted by atomic mass is 79.9. The largest absolute Gasteiger partial charge is 0.507 e. The van der Waals surface area contributed by atoms with Crippen LogP contribution in [0.25, 0.3) is 17.0 Å². The molecule has 21 heavy (non-hydrogen) atoms. The Kier molecular flexibility index (Phi) is 3.30. The van der Waals surface area contributed by atoms with Crippen molar-refractivity contribution in [1.29, 1.82) is 0 Å². The average Bonchev–Trinajstić information content (AvgIpc) is 2.83. The third kappa shape index (κ3) is 2.34. The van der Waals surface area contributed by atoms with E-state index in [2.05, 4.69) is 26.1 Å². The number of hydrogen-bond acceptors (Lipinski definition) is 4. The van der Waals surface area contributed by atoms with Gasteiger partial charge in [0.15, 0.2) is 11.5 Å². The molecule has 0 unspecified atom stereocenters. The second kappa shape index (κ2) is 5.01. The number of benzene rings is 1. The SMILES string of the molecule is O=C(O)c1cc(Cl)c2nnc(-c3ccc(Br)cc3O)n2c1. The molecule has 0 radical (unpaired) electrons. The maximum absolute atomic E-state index is 11.1. The molecular weight excluding hydrogens is 362 g/mol. The zero-order valence-corrected chi connectivity index (χ0v) is 12.6. The molecule has 2 aromatic heterocycles. The van der Waals surface area contributed by atoms with Gasteiger partial charge in [0.1, 0.15) is 5.75 Å². The summed E-state index contributed by atoms with van der Waals surface area (Å²) in [6.07, 6.45) is 1.36. The van der Waals surface area contributed by atoms with Crippen molar-refractivity contribution >= 4 is 39.1 Å². The molecule has 8 heteroatoms. The van der Waals surface area contributed by atoms with Crippen LogP contribution in [-0.4, -0.2) is 30.8 Å². The summed E-state index contributed by atoms with van der Waals surface area (Å²) in [6, 6.07) is 6.20. The predicted molar refractivity (Wildman–Crippen MR) is 79.8 cm³/mol. The van der Waals surface area contributed by atoms with Crippen LogP contribution in [0, 0.1) is 0 Å². The number of halogens is 2. The van der Waals surface area contributed by atoms with E-state index in [1.54, 1.807) is 12.1 Å². The van der Waals surface area contributed by atoms with Crippen molar-refractivity contribution in [3.63, 3.8) is 0 Å². The molecule has 106 valence electrons. The van der Waals surface area contributed by atoms with Crippen molar-refractivity contribution in [2.75, 3.05) is 0 Å². The summed E-state index contributed by atoms with van der Waals surface area (Å²) in [5, 5.41) is 27.2. The summed E-state index contributed by atoms with van der Waals surface area (Å²) < 4.78 is 2.15. The van der Waals surface area contributed by atoms with Gasteiger partial charge in [-0.2, -0.15) is 0 Å². The molecule has 0 atom stereocenters. The standard InChI is InChI=1S/C13H7BrClN3O3/c14-7-1-2-8(10(19)4-7)11-16-17-12-9(15)3-6(13(20)21)5-18(11)12/h1-5,19H,(H,20,21). The van der Waals surface area contributed by atoms with Crippen LogP contribution in [-0.2, 0) is 0 Å². The van der Waals surface area contributed by atoms with Gasteiger partial charge in [-0.3, -0.25) is 4.40 Å². The highest BCUT2D eigenvalue weighted by Gasteiger charge is 2.16. The summed E-state index contributed by atoms with van der Waals surface area (Å²) in [4.78, 5) is 11.1. The highest BCUT2D eigenvalue weighted by Crippen LogP contribution is 2.32. The third-order valence-corrected chi connectivity index (χ3v) is 3.68. The first-order valence-electron chi connectivity index (χ1n) is 5.74. The molecule has 1 aromatic carbocycles. The van der Waals surface area contributed by atoms with Crippen LogP contribution < -0.4 is 0 Å². The lowest BCUT2D eigenvalue weighted by Gasteiger charge is -2.05. The number of aromatic carboxylic acids is 1. The van der Waals surface area contributed by atoms with Crippen LogP contribution in [0.15, 0.2) is 34.9 Å². The predicted octanol–water partition coefficient (Wildman–Crippen LogP) is 3.22. The summed E-state index contributed by atoms with van der Waals surface area (Å²) >= 11 is 9.27. The molecule has 0 aliphatic heterocycles. The molecule has 2 heterocycles. The van der Waals surface area contributed by atoms with Crippen LogP contribution in [0.1, 0.15) is 10.4 Å². The molecule has 0 aliphatic rings. The molecule has 0 saturated carbocycles. The topological polar surface area (TPSA) is 87.7 Å². The van der Waals surface area contributed by atoms with Gasteiger partial charge in [0, 0.05) is 10.7 Å². The summed E-state index contributed by atoms with van der Waals surface area (Å²) in [5.41, 5.74) is 0.744. The number of carboxylic acids is 1. The molecule has 6 nitrogen and oxygen atoms in total. The van der Waals surface area contributed by atoms with Crippen molar-refractivity contribution < 1.29 is 15.0 Å². The monoisotopic (exact) mass is 367 g/mol. The van der Waals surface area contributed by atoms with Gasteiger partial charge >= 0.3 is 5.97 Å². The second-order valence-electron chi connectivity index (χ2n) is 4.26. The fourth-order valence-corrected chi connectivity index (χ4v) is 2.54. The Labute approximate surface area is 131 Å². The Morgan fingerprint density at radius 2 is 2.05 bits per heavy atom. The zero-order chi connectivity index (χ0) is 15.1. The summed E-state index contributed by atoms with van der Waals surface area (Å²) in [6.45, 7) is 0. The summed E-state index contributed by atoms with van der Waals surface area (Å²) in [5.74, 6) is -0.811. The highest BCUT2D eigenvalue weighted by molar-refractivity contribution is 9.10. The Morgan fingerprint density at radius 3 is 2.71 bits per heavy atom. The van der Waals surface area contributed by atoms with Crippen molar-refractivity contribution in [3.05, 3.63) is 45.5 Å². The normalized spacial score (nSPS) is 11.0. The first-order valence-corrected chi connectivity index (χ1v) is 6.91. The number of phenolic OH excluding ortho intramolecular Hbond substituents is 1. The number of aromatic nitrogens is 3. The van der Waals surface area contributed by atoms with Crippen LogP contribution in [0.2, 0.25) is 5.02 Å². The number of phenols is 1. The van der Waals surface area contributed by atoms with Gasteiger partial charge in [-0.05, 0) is 24.3 Å². The molecule has 0 aliphatic carbocycles. The van der Waals surface area contributed by atoms with Crippen LogP contribution in [0.5, 0.6) is 5.75 Å². The van der Waals surface area contributed by atoms with E-state index in [4.69, 9.17) is 16.7 Å². The summed E-state index contributed by atoms with van der Waals surface area (Å²) in [7, 11) is 0. The number of nitrogens with zero attached hydrogens (tertiary/aromatic N) is 3. The Bertz CT molecular complexity index is 878. The van der Waals surface area contributed by atoms with Gasteiger partial charge in [0.2, 0.25) is 0 Å². The second-order valence-corrected chi connectivity index (χ2v) is 5.58. The maximum atomic E-state index is 11.1. The molecule has 2 N–H and O–H groups in total. The van der Waals surface area contributed by atoms with Gasteiger partial charge < -0.3 is 10.2 Å². The number of fused-ring (bicyclic) bond motifs is 1. The maximum Gasteiger partial charge on any atom is 0.337 e. The first kappa shape index (κ1) is 13.8. The average molecular weight is 369 g/mol. The Morgan fingerprint density at radius 1 is 1.29 bits per heavy atom. The lowest BCUT2D eigenvalue weighted by Crippen LogP contribution is -2.00. The van der Waals surface area contributed by atoms with E-state index in [0.29, 0.717) is 21.5 Å². The molecular formula is C13H7BrClN3O3. The van der Waals surface area contributed by atoms with Gasteiger partial charge in [-0.1, -0.05) is 27.5 Å². The minimum atomic E-state index is -1.11. The van der Waals surface area contributed by atoms with E-state index in [1.807, 2.05) is 0 Å². The zero-order valence-electron chi connectivity index (χ0n) is 10.3. The van der Waals surface area contributed by atoms with Crippen LogP contribution >= 0.6 is 27.5 Å². The van der Waals surface area contributed by atoms with E-state index in [-0.39, 0.29) is 16.3 Å². The number of aromatic hydroxyl groups is 1. The fourth-order valence-electron chi connectivity index (χ4n) is 1.95. The number of carboxylic acid groups (broad SMARTS) is 1. The molecule has 0 spiro atoms. The third-order valence-electron chi connectivity index (χ3n) is 2.91. The van der Waals surface area contributed by atoms with Crippen molar-refractivity contribution in [3.8, 4) is 17.1 Å². The fraction of sp³-hybridized carbons (Fsp3) is 0. The number of carbonyl (C=O) groups is 1. The Balaban J connectivity index is 2.30. The van der Waals surface area contributed by atoms with Gasteiger partial charge in [-0.25, -0.2) is 4.79 Å². The van der Waals surface area contributed by atoms with Crippen LogP contribution in [0.3, 0.4) is 0 Å². The number of pyridine rings is 1. The van der Waals surface area contributed by atoms with E-state index >= 15 is 0 Å². The lowest BCUT2D eigenvalue weighted by atomic mass is 10.2. The minimum Gasteiger partial charge on any atom is -0.507 e. The van der Waals surface area contributed by atoms with Gasteiger partial charge in [0.05, 0.1) is 16.1 Å². The molecule has 0 amide bonds. The molecule has 0 fully saturated rings. The molecule has 3 aromatic rings. The lowest BCUT2D eigenvalue weighted by molar-refractivity contribution is 0.0696. The quantitative estimate of drug-likeness (QED) is 0.725. The van der Waals surface area contributed by atoms with Gasteiger partial charge in [-0.15, -0.1) is 10.2 Å². The van der Waals surface area contributed by atoms with E-state index in [1.165, 1.54) is 22.7 Å². The van der Waals surface area contributed by atoms with E-state index < -0.39 is 5.97 Å².